The Morgan fingerprint density at radius 2 is 2.07 bits per heavy atom. The molecule has 0 spiro atoms. The van der Waals surface area contributed by atoms with Gasteiger partial charge in [-0.3, -0.25) is 0 Å². The number of nitrogens with two attached hydrogens (primary N) is 1. The van der Waals surface area contributed by atoms with Crippen LogP contribution in [0.3, 0.4) is 0 Å². The summed E-state index contributed by atoms with van der Waals surface area (Å²) in [7, 11) is 0. The molecule has 0 aliphatic heterocycles. The van der Waals surface area contributed by atoms with E-state index in [2.05, 4.69) is 31.2 Å². The summed E-state index contributed by atoms with van der Waals surface area (Å²) < 4.78 is 0. The van der Waals surface area contributed by atoms with Crippen molar-refractivity contribution in [2.45, 2.75) is 50.0 Å². The van der Waals surface area contributed by atoms with Crippen molar-refractivity contribution in [3.8, 4) is 0 Å². The molecule has 0 amide bonds. The Morgan fingerprint density at radius 3 is 2.60 bits per heavy atom. The zero-order chi connectivity index (χ0) is 10.5. The lowest BCUT2D eigenvalue weighted by Gasteiger charge is -2.20. The zero-order valence-electron chi connectivity index (χ0n) is 9.37. The van der Waals surface area contributed by atoms with Gasteiger partial charge in [0.05, 0.1) is 0 Å². The molecule has 0 heterocycles. The minimum Gasteiger partial charge on any atom is -0.327 e. The Hall–Kier alpha value is -0.820. The second-order valence-electron chi connectivity index (χ2n) is 5.34. The average Bonchev–Trinajstić information content (AvgIpc) is 3.11. The van der Waals surface area contributed by atoms with Gasteiger partial charge in [0.25, 0.3) is 0 Å². The van der Waals surface area contributed by atoms with E-state index in [1.54, 1.807) is 5.56 Å². The fraction of sp³-hybridized carbons (Fsp3) is 0.571. The van der Waals surface area contributed by atoms with Gasteiger partial charge in [0.1, 0.15) is 0 Å². The first-order valence-corrected chi connectivity index (χ1v) is 6.08. The molecule has 1 atom stereocenters. The maximum Gasteiger partial charge on any atom is 0.0108 e. The summed E-state index contributed by atoms with van der Waals surface area (Å²) in [6.07, 6.45) is 5.32. The molecule has 0 radical (unpaired) electrons. The Labute approximate surface area is 91.7 Å². The average molecular weight is 201 g/mol. The number of hydrogen-bond acceptors (Lipinski definition) is 1. The van der Waals surface area contributed by atoms with Crippen LogP contribution in [0.2, 0.25) is 0 Å². The lowest BCUT2D eigenvalue weighted by Crippen LogP contribution is -2.31. The van der Waals surface area contributed by atoms with Gasteiger partial charge in [-0.15, -0.1) is 0 Å². The topological polar surface area (TPSA) is 26.0 Å². The Kier molecular flexibility index (Phi) is 1.93. The van der Waals surface area contributed by atoms with E-state index in [9.17, 15) is 0 Å². The number of rotatable bonds is 3. The summed E-state index contributed by atoms with van der Waals surface area (Å²) in [5, 5.41) is 0. The third kappa shape index (κ3) is 1.50. The molecule has 1 nitrogen and oxygen atoms in total. The quantitative estimate of drug-likeness (QED) is 0.799. The highest BCUT2D eigenvalue weighted by molar-refractivity contribution is 5.38. The van der Waals surface area contributed by atoms with Crippen LogP contribution >= 0.6 is 0 Å². The van der Waals surface area contributed by atoms with Crippen molar-refractivity contribution in [1.29, 1.82) is 0 Å². The SMILES string of the molecule is CC(N)C1(c2cccc(C3CC3)c2)CC1. The van der Waals surface area contributed by atoms with Crippen molar-refractivity contribution in [2.75, 3.05) is 0 Å². The van der Waals surface area contributed by atoms with Crippen LogP contribution < -0.4 is 5.73 Å². The number of benzene rings is 1. The summed E-state index contributed by atoms with van der Waals surface area (Å²) in [6.45, 7) is 2.15. The summed E-state index contributed by atoms with van der Waals surface area (Å²) in [5.74, 6) is 0.855. The third-order valence-electron chi connectivity index (χ3n) is 4.17. The van der Waals surface area contributed by atoms with Gasteiger partial charge in [-0.1, -0.05) is 24.3 Å². The van der Waals surface area contributed by atoms with Crippen LogP contribution in [0.1, 0.15) is 49.7 Å². The molecular weight excluding hydrogens is 182 g/mol. The standard InChI is InChI=1S/C14H19N/c1-10(15)14(7-8-14)13-4-2-3-12(9-13)11-5-6-11/h2-4,9-11H,5-8,15H2,1H3. The molecule has 2 aliphatic carbocycles. The minimum absolute atomic E-state index is 0.298. The van der Waals surface area contributed by atoms with E-state index < -0.39 is 0 Å². The minimum atomic E-state index is 0.298. The smallest absolute Gasteiger partial charge is 0.0108 e. The summed E-state index contributed by atoms with van der Waals surface area (Å²) in [6, 6.07) is 9.46. The van der Waals surface area contributed by atoms with Gasteiger partial charge in [0, 0.05) is 11.5 Å². The van der Waals surface area contributed by atoms with E-state index >= 15 is 0 Å². The Balaban J connectivity index is 1.94. The van der Waals surface area contributed by atoms with Gasteiger partial charge in [-0.2, -0.15) is 0 Å². The van der Waals surface area contributed by atoms with Gasteiger partial charge in [-0.25, -0.2) is 0 Å². The van der Waals surface area contributed by atoms with Gasteiger partial charge >= 0.3 is 0 Å². The molecule has 0 saturated heterocycles. The molecule has 2 N–H and O–H groups in total. The van der Waals surface area contributed by atoms with Crippen LogP contribution in [0.15, 0.2) is 24.3 Å². The first kappa shape index (κ1) is 9.41. The highest BCUT2D eigenvalue weighted by Gasteiger charge is 2.47. The first-order valence-electron chi connectivity index (χ1n) is 6.08. The van der Waals surface area contributed by atoms with Crippen molar-refractivity contribution in [3.05, 3.63) is 35.4 Å². The van der Waals surface area contributed by atoms with E-state index in [-0.39, 0.29) is 0 Å². The maximum atomic E-state index is 6.11. The molecule has 1 unspecified atom stereocenters. The molecule has 3 rings (SSSR count). The monoisotopic (exact) mass is 201 g/mol. The zero-order valence-corrected chi connectivity index (χ0v) is 9.37. The molecule has 2 saturated carbocycles. The summed E-state index contributed by atoms with van der Waals surface area (Å²) >= 11 is 0. The molecule has 1 aromatic rings. The molecule has 0 aromatic heterocycles. The summed E-state index contributed by atoms with van der Waals surface area (Å²) in [4.78, 5) is 0. The molecule has 2 aliphatic rings. The predicted molar refractivity (Wildman–Crippen MR) is 63.0 cm³/mol. The Morgan fingerprint density at radius 1 is 1.33 bits per heavy atom. The third-order valence-corrected chi connectivity index (χ3v) is 4.17. The molecular formula is C14H19N. The van der Waals surface area contributed by atoms with E-state index in [0.717, 1.165) is 5.92 Å². The fourth-order valence-corrected chi connectivity index (χ4v) is 2.66. The van der Waals surface area contributed by atoms with Gasteiger partial charge in [0.15, 0.2) is 0 Å². The Bertz CT molecular complexity index is 373. The first-order chi connectivity index (χ1) is 7.22. The summed E-state index contributed by atoms with van der Waals surface area (Å²) in [5.41, 5.74) is 9.46. The molecule has 15 heavy (non-hydrogen) atoms. The van der Waals surface area contributed by atoms with Crippen molar-refractivity contribution < 1.29 is 0 Å². The fourth-order valence-electron chi connectivity index (χ4n) is 2.66. The van der Waals surface area contributed by atoms with Crippen molar-refractivity contribution >= 4 is 0 Å². The van der Waals surface area contributed by atoms with Crippen LogP contribution in [0.5, 0.6) is 0 Å². The van der Waals surface area contributed by atoms with E-state index in [0.29, 0.717) is 11.5 Å². The second-order valence-corrected chi connectivity index (χ2v) is 5.34. The molecule has 2 fully saturated rings. The normalized spacial score (nSPS) is 24.9. The largest absolute Gasteiger partial charge is 0.327 e. The van der Waals surface area contributed by atoms with Gasteiger partial charge in [-0.05, 0) is 49.7 Å². The van der Waals surface area contributed by atoms with E-state index in [1.165, 1.54) is 31.2 Å². The highest BCUT2D eigenvalue weighted by Crippen LogP contribution is 2.51. The van der Waals surface area contributed by atoms with Crippen LogP contribution in [-0.2, 0) is 5.41 Å². The van der Waals surface area contributed by atoms with E-state index in [4.69, 9.17) is 5.73 Å². The van der Waals surface area contributed by atoms with Crippen molar-refractivity contribution in [2.24, 2.45) is 5.73 Å². The maximum absolute atomic E-state index is 6.11. The lowest BCUT2D eigenvalue weighted by atomic mass is 9.88. The van der Waals surface area contributed by atoms with Crippen LogP contribution in [0.25, 0.3) is 0 Å². The lowest BCUT2D eigenvalue weighted by molar-refractivity contribution is 0.556. The van der Waals surface area contributed by atoms with Gasteiger partial charge < -0.3 is 5.73 Å². The van der Waals surface area contributed by atoms with E-state index in [1.807, 2.05) is 0 Å². The molecule has 1 heteroatoms. The van der Waals surface area contributed by atoms with Crippen LogP contribution in [0.4, 0.5) is 0 Å². The highest BCUT2D eigenvalue weighted by atomic mass is 14.7. The van der Waals surface area contributed by atoms with Crippen molar-refractivity contribution in [3.63, 3.8) is 0 Å². The molecule has 80 valence electrons. The molecule has 1 aromatic carbocycles. The number of hydrogen-bond donors (Lipinski definition) is 1. The second kappa shape index (κ2) is 3.08. The van der Waals surface area contributed by atoms with Crippen molar-refractivity contribution in [1.82, 2.24) is 0 Å². The predicted octanol–water partition coefficient (Wildman–Crippen LogP) is 2.94. The molecule has 0 bridgehead atoms. The van der Waals surface area contributed by atoms with Crippen LogP contribution in [-0.4, -0.2) is 6.04 Å². The van der Waals surface area contributed by atoms with Gasteiger partial charge in [0.2, 0.25) is 0 Å². The van der Waals surface area contributed by atoms with Crippen LogP contribution in [0, 0.1) is 0 Å².